The monoisotopic (exact) mass is 282 g/mol. The first kappa shape index (κ1) is 14.3. The molecule has 9 nitrogen and oxygen atoms in total. The summed E-state index contributed by atoms with van der Waals surface area (Å²) < 4.78 is 6.11. The molecule has 0 fully saturated rings. The Morgan fingerprint density at radius 2 is 2.10 bits per heavy atom. The predicted molar refractivity (Wildman–Crippen MR) is 67.2 cm³/mol. The zero-order valence-corrected chi connectivity index (χ0v) is 10.9. The number of hydrogen-bond donors (Lipinski definition) is 3. The summed E-state index contributed by atoms with van der Waals surface area (Å²) in [7, 11) is 2.84. The highest BCUT2D eigenvalue weighted by Crippen LogP contribution is 2.16. The topological polar surface area (TPSA) is 131 Å². The van der Waals surface area contributed by atoms with Gasteiger partial charge in [-0.25, -0.2) is 9.97 Å². The minimum absolute atomic E-state index is 0.00172. The van der Waals surface area contributed by atoms with Crippen molar-refractivity contribution in [3.8, 4) is 6.01 Å². The van der Waals surface area contributed by atoms with Gasteiger partial charge in [0, 0.05) is 7.05 Å². The van der Waals surface area contributed by atoms with Gasteiger partial charge in [-0.2, -0.15) is 4.98 Å². The fourth-order valence-corrected chi connectivity index (χ4v) is 1.65. The van der Waals surface area contributed by atoms with E-state index in [1.807, 2.05) is 0 Å². The van der Waals surface area contributed by atoms with Crippen LogP contribution in [0.2, 0.25) is 0 Å². The minimum Gasteiger partial charge on any atom is -0.468 e. The lowest BCUT2D eigenvalue weighted by molar-refractivity contribution is -0.0173. The SMILES string of the molecule is COc1nc2nc(C(O)C(O)CO)cnc2c(=O)n1C. The Bertz CT molecular complexity index is 686. The number of nitrogens with zero attached hydrogens (tertiary/aromatic N) is 4. The van der Waals surface area contributed by atoms with Gasteiger partial charge in [0.1, 0.15) is 12.2 Å². The fraction of sp³-hybridized carbons (Fsp3) is 0.455. The molecule has 0 radical (unpaired) electrons. The summed E-state index contributed by atoms with van der Waals surface area (Å²) in [6.07, 6.45) is -1.66. The van der Waals surface area contributed by atoms with E-state index < -0.39 is 24.4 Å². The Kier molecular flexibility index (Phi) is 3.93. The summed E-state index contributed by atoms with van der Waals surface area (Å²) in [6, 6.07) is 0.0474. The zero-order chi connectivity index (χ0) is 14.9. The third kappa shape index (κ3) is 2.33. The Morgan fingerprint density at radius 3 is 2.70 bits per heavy atom. The molecule has 0 aliphatic rings. The van der Waals surface area contributed by atoms with Crippen molar-refractivity contribution in [1.82, 2.24) is 19.5 Å². The Morgan fingerprint density at radius 1 is 1.40 bits per heavy atom. The predicted octanol–water partition coefficient (Wildman–Crippen LogP) is -1.88. The van der Waals surface area contributed by atoms with Crippen molar-refractivity contribution in [1.29, 1.82) is 0 Å². The van der Waals surface area contributed by atoms with Gasteiger partial charge in [0.05, 0.1) is 25.6 Å². The van der Waals surface area contributed by atoms with Gasteiger partial charge in [-0.15, -0.1) is 0 Å². The summed E-state index contributed by atoms with van der Waals surface area (Å²) in [4.78, 5) is 23.8. The standard InChI is InChI=1S/C11H14N4O5/c1-15-10(19)7-9(14-11(15)20-2)13-5(3-12-7)8(18)6(17)4-16/h3,6,8,16-18H,4H2,1-2H3. The molecule has 108 valence electrons. The molecule has 0 bridgehead atoms. The van der Waals surface area contributed by atoms with E-state index in [1.165, 1.54) is 18.7 Å². The van der Waals surface area contributed by atoms with Gasteiger partial charge in [-0.1, -0.05) is 0 Å². The lowest BCUT2D eigenvalue weighted by Gasteiger charge is -2.14. The van der Waals surface area contributed by atoms with Crippen LogP contribution >= 0.6 is 0 Å². The lowest BCUT2D eigenvalue weighted by atomic mass is 10.1. The van der Waals surface area contributed by atoms with Gasteiger partial charge < -0.3 is 20.1 Å². The van der Waals surface area contributed by atoms with E-state index in [0.717, 1.165) is 6.20 Å². The molecule has 2 heterocycles. The average Bonchev–Trinajstić information content (AvgIpc) is 2.48. The maximum absolute atomic E-state index is 12.0. The summed E-state index contributed by atoms with van der Waals surface area (Å²) in [5.74, 6) is 0. The van der Waals surface area contributed by atoms with Crippen LogP contribution in [0.4, 0.5) is 0 Å². The number of rotatable bonds is 4. The molecular weight excluding hydrogens is 268 g/mol. The average molecular weight is 282 g/mol. The number of fused-ring (bicyclic) bond motifs is 1. The minimum atomic E-state index is -1.42. The van der Waals surface area contributed by atoms with Crippen molar-refractivity contribution in [2.45, 2.75) is 12.2 Å². The molecule has 2 rings (SSSR count). The molecule has 2 atom stereocenters. The first-order chi connectivity index (χ1) is 9.49. The third-order valence-corrected chi connectivity index (χ3v) is 2.81. The van der Waals surface area contributed by atoms with Crippen molar-refractivity contribution in [2.24, 2.45) is 7.05 Å². The largest absolute Gasteiger partial charge is 0.468 e. The molecule has 20 heavy (non-hydrogen) atoms. The highest BCUT2D eigenvalue weighted by Gasteiger charge is 2.21. The number of aliphatic hydroxyl groups is 3. The van der Waals surface area contributed by atoms with E-state index in [0.29, 0.717) is 0 Å². The first-order valence-corrected chi connectivity index (χ1v) is 5.74. The zero-order valence-electron chi connectivity index (χ0n) is 10.9. The molecule has 3 N–H and O–H groups in total. The van der Waals surface area contributed by atoms with Crippen LogP contribution in [0.5, 0.6) is 6.01 Å². The second-order valence-electron chi connectivity index (χ2n) is 4.12. The van der Waals surface area contributed by atoms with Crippen LogP contribution in [-0.4, -0.2) is 54.7 Å². The number of aliphatic hydroxyl groups excluding tert-OH is 3. The molecule has 9 heteroatoms. The molecule has 0 aliphatic carbocycles. The van der Waals surface area contributed by atoms with Crippen LogP contribution in [-0.2, 0) is 7.05 Å². The van der Waals surface area contributed by atoms with Gasteiger partial charge >= 0.3 is 6.01 Å². The van der Waals surface area contributed by atoms with Gasteiger partial charge in [0.15, 0.2) is 11.2 Å². The molecule has 0 saturated carbocycles. The van der Waals surface area contributed by atoms with Gasteiger partial charge in [-0.05, 0) is 0 Å². The summed E-state index contributed by atoms with van der Waals surface area (Å²) in [5.41, 5.74) is -0.431. The van der Waals surface area contributed by atoms with Crippen LogP contribution in [0.25, 0.3) is 11.2 Å². The summed E-state index contributed by atoms with van der Waals surface area (Å²) in [6.45, 7) is -0.631. The van der Waals surface area contributed by atoms with Crippen LogP contribution in [0.3, 0.4) is 0 Å². The van der Waals surface area contributed by atoms with Crippen molar-refractivity contribution in [3.05, 3.63) is 22.2 Å². The van der Waals surface area contributed by atoms with Crippen LogP contribution < -0.4 is 10.3 Å². The molecule has 2 aromatic rings. The number of aromatic nitrogens is 4. The van der Waals surface area contributed by atoms with E-state index in [2.05, 4.69) is 15.0 Å². The van der Waals surface area contributed by atoms with E-state index in [-0.39, 0.29) is 22.9 Å². The number of methoxy groups -OCH3 is 1. The Balaban J connectivity index is 2.60. The van der Waals surface area contributed by atoms with Crippen LogP contribution in [0.1, 0.15) is 11.8 Å². The summed E-state index contributed by atoms with van der Waals surface area (Å²) >= 11 is 0. The highest BCUT2D eigenvalue weighted by molar-refractivity contribution is 5.68. The van der Waals surface area contributed by atoms with Gasteiger partial charge in [-0.3, -0.25) is 9.36 Å². The fourth-order valence-electron chi connectivity index (χ4n) is 1.65. The van der Waals surface area contributed by atoms with E-state index in [1.54, 1.807) is 0 Å². The lowest BCUT2D eigenvalue weighted by Crippen LogP contribution is -2.25. The van der Waals surface area contributed by atoms with Gasteiger partial charge in [0.2, 0.25) is 0 Å². The smallest absolute Gasteiger partial charge is 0.300 e. The number of ether oxygens (including phenoxy) is 1. The van der Waals surface area contributed by atoms with Crippen molar-refractivity contribution in [2.75, 3.05) is 13.7 Å². The molecule has 2 unspecified atom stereocenters. The van der Waals surface area contributed by atoms with Gasteiger partial charge in [0.25, 0.3) is 5.56 Å². The summed E-state index contributed by atoms with van der Waals surface area (Å²) in [5, 5.41) is 27.9. The molecule has 0 aromatic carbocycles. The Hall–Kier alpha value is -2.10. The van der Waals surface area contributed by atoms with E-state index in [9.17, 15) is 15.0 Å². The number of hydrogen-bond acceptors (Lipinski definition) is 8. The normalized spacial score (nSPS) is 14.2. The van der Waals surface area contributed by atoms with E-state index in [4.69, 9.17) is 9.84 Å². The third-order valence-electron chi connectivity index (χ3n) is 2.81. The van der Waals surface area contributed by atoms with Crippen molar-refractivity contribution < 1.29 is 20.1 Å². The van der Waals surface area contributed by atoms with Crippen molar-refractivity contribution >= 4 is 11.2 Å². The maximum Gasteiger partial charge on any atom is 0.300 e. The molecule has 0 aliphatic heterocycles. The molecule has 2 aromatic heterocycles. The molecule has 0 amide bonds. The van der Waals surface area contributed by atoms with Crippen LogP contribution in [0.15, 0.2) is 11.0 Å². The molecule has 0 spiro atoms. The van der Waals surface area contributed by atoms with Crippen molar-refractivity contribution in [3.63, 3.8) is 0 Å². The molecule has 0 saturated heterocycles. The second kappa shape index (κ2) is 5.49. The quantitative estimate of drug-likeness (QED) is 0.594. The molecular formula is C11H14N4O5. The van der Waals surface area contributed by atoms with Crippen LogP contribution in [0, 0.1) is 0 Å². The van der Waals surface area contributed by atoms with E-state index >= 15 is 0 Å². The first-order valence-electron chi connectivity index (χ1n) is 5.74. The maximum atomic E-state index is 12.0. The Labute approximate surface area is 113 Å². The highest BCUT2D eigenvalue weighted by atomic mass is 16.5. The second-order valence-corrected chi connectivity index (χ2v) is 4.12.